The first-order valence-electron chi connectivity index (χ1n) is 12.7. The highest BCUT2D eigenvalue weighted by Crippen LogP contribution is 2.44. The minimum atomic E-state index is -3.58. The van der Waals surface area contributed by atoms with Crippen LogP contribution in [0.3, 0.4) is 0 Å². The first-order valence-corrected chi connectivity index (χ1v) is 14.2. The number of hydrogen-bond donors (Lipinski definition) is 1. The Morgan fingerprint density at radius 2 is 1.80 bits per heavy atom. The number of hydrogen-bond acceptors (Lipinski definition) is 5. The molecular formula is C28H30N4O2S. The van der Waals surface area contributed by atoms with Crippen molar-refractivity contribution in [3.05, 3.63) is 73.1 Å². The lowest BCUT2D eigenvalue weighted by molar-refractivity contribution is -0.0269. The van der Waals surface area contributed by atoms with Gasteiger partial charge in [0.2, 0.25) is 10.0 Å². The number of pyridine rings is 1. The number of anilines is 1. The molecule has 0 amide bonds. The van der Waals surface area contributed by atoms with E-state index in [0.29, 0.717) is 18.0 Å². The van der Waals surface area contributed by atoms with Crippen LogP contribution in [-0.2, 0) is 10.0 Å². The molecule has 5 heterocycles. The van der Waals surface area contributed by atoms with Crippen LogP contribution in [0, 0.1) is 17.8 Å². The molecule has 3 saturated heterocycles. The monoisotopic (exact) mass is 486 g/mol. The Morgan fingerprint density at radius 3 is 2.51 bits per heavy atom. The number of para-hydroxylation sites is 1. The molecule has 2 aromatic heterocycles. The van der Waals surface area contributed by atoms with Crippen molar-refractivity contribution >= 4 is 26.6 Å². The fraction of sp³-hybridized carbons (Fsp3) is 0.393. The van der Waals surface area contributed by atoms with E-state index < -0.39 is 15.3 Å². The van der Waals surface area contributed by atoms with Crippen LogP contribution in [-0.4, -0.2) is 53.2 Å². The second kappa shape index (κ2) is 8.07. The van der Waals surface area contributed by atoms with Crippen LogP contribution in [0.4, 0.5) is 5.69 Å². The molecule has 4 fully saturated rings. The van der Waals surface area contributed by atoms with E-state index in [4.69, 9.17) is 4.98 Å². The molecule has 4 bridgehead atoms. The third-order valence-electron chi connectivity index (χ3n) is 8.44. The molecule has 0 radical (unpaired) electrons. The number of aromatic nitrogens is 2. The van der Waals surface area contributed by atoms with Gasteiger partial charge in [0.25, 0.3) is 0 Å². The van der Waals surface area contributed by atoms with Gasteiger partial charge in [-0.15, -0.1) is 0 Å². The highest BCUT2D eigenvalue weighted by Gasteiger charge is 2.47. The molecule has 1 N–H and O–H groups in total. The summed E-state index contributed by atoms with van der Waals surface area (Å²) in [6, 6.07) is 12.3. The first-order chi connectivity index (χ1) is 17.1. The first kappa shape index (κ1) is 21.4. The number of nitrogens with one attached hydrogen (secondary N) is 1. The van der Waals surface area contributed by atoms with Crippen molar-refractivity contribution in [1.29, 1.82) is 0 Å². The lowest BCUT2D eigenvalue weighted by Crippen LogP contribution is -2.62. The fourth-order valence-corrected chi connectivity index (χ4v) is 8.58. The van der Waals surface area contributed by atoms with Gasteiger partial charge in [-0.2, -0.15) is 0 Å². The lowest BCUT2D eigenvalue weighted by atomic mass is 9.65. The van der Waals surface area contributed by atoms with E-state index in [1.807, 2.05) is 54.8 Å². The maximum Gasteiger partial charge on any atom is 0.245 e. The molecule has 35 heavy (non-hydrogen) atoms. The summed E-state index contributed by atoms with van der Waals surface area (Å²) >= 11 is 0. The second-order valence-corrected chi connectivity index (χ2v) is 12.7. The summed E-state index contributed by atoms with van der Waals surface area (Å²) in [5.41, 5.74) is 3.37. The van der Waals surface area contributed by atoms with Gasteiger partial charge >= 0.3 is 0 Å². The molecule has 3 aromatic rings. The molecule has 180 valence electrons. The summed E-state index contributed by atoms with van der Waals surface area (Å²) in [5.74, 6) is 2.35. The van der Waals surface area contributed by atoms with Crippen molar-refractivity contribution < 1.29 is 8.42 Å². The third kappa shape index (κ3) is 3.55. The molecule has 1 aromatic carbocycles. The van der Waals surface area contributed by atoms with Crippen molar-refractivity contribution in [3.63, 3.8) is 0 Å². The zero-order valence-electron chi connectivity index (χ0n) is 19.6. The minimum Gasteiger partial charge on any atom is -0.380 e. The number of fused-ring (bicyclic) bond motifs is 1. The highest BCUT2D eigenvalue weighted by molar-refractivity contribution is 7.90. The standard InChI is InChI=1S/C28H30N4O2S/c33-35(34,23-6-2-1-3-7-23)32-18-25(24-8-4-5-9-27(24)32)26-11-10-22(14-29-26)30-28-20-12-19-13-21(28)17-31(15-19)16-20/h1-6,8-11,14,18-21,23,28,30H,7,12-13,15-17H2. The Labute approximate surface area is 206 Å². The van der Waals surface area contributed by atoms with Crippen molar-refractivity contribution in [2.75, 3.05) is 25.0 Å². The third-order valence-corrected chi connectivity index (χ3v) is 10.4. The SMILES string of the molecule is O=S(=O)(C1C=CC=CC1)n1cc(-c2ccc(NC3C4CC5CC3CN(C5)C4)cn2)c2ccccc21. The molecule has 8 rings (SSSR count). The van der Waals surface area contributed by atoms with Crippen molar-refractivity contribution in [2.24, 2.45) is 17.8 Å². The maximum atomic E-state index is 13.5. The zero-order chi connectivity index (χ0) is 23.6. The van der Waals surface area contributed by atoms with Crippen LogP contribution < -0.4 is 5.32 Å². The van der Waals surface area contributed by atoms with Crippen LogP contribution in [0.25, 0.3) is 22.2 Å². The Hall–Kier alpha value is -2.90. The second-order valence-electron chi connectivity index (χ2n) is 10.7. The summed E-state index contributed by atoms with van der Waals surface area (Å²) in [6.45, 7) is 3.74. The Bertz CT molecular complexity index is 1410. The maximum absolute atomic E-state index is 13.5. The smallest absolute Gasteiger partial charge is 0.245 e. The molecule has 2 aliphatic carbocycles. The van der Waals surface area contributed by atoms with Crippen LogP contribution in [0.15, 0.2) is 73.1 Å². The average molecular weight is 487 g/mol. The molecule has 3 unspecified atom stereocenters. The summed E-state index contributed by atoms with van der Waals surface area (Å²) < 4.78 is 28.4. The van der Waals surface area contributed by atoms with Gasteiger partial charge in [0.1, 0.15) is 5.25 Å². The molecular weight excluding hydrogens is 456 g/mol. The van der Waals surface area contributed by atoms with E-state index in [1.165, 1.54) is 36.4 Å². The van der Waals surface area contributed by atoms with Gasteiger partial charge < -0.3 is 10.2 Å². The van der Waals surface area contributed by atoms with Gasteiger partial charge in [0, 0.05) is 42.8 Å². The van der Waals surface area contributed by atoms with Crippen LogP contribution in [0.1, 0.15) is 19.3 Å². The molecule has 3 aliphatic heterocycles. The quantitative estimate of drug-likeness (QED) is 0.575. The van der Waals surface area contributed by atoms with Gasteiger partial charge in [-0.05, 0) is 55.2 Å². The van der Waals surface area contributed by atoms with Gasteiger partial charge in [-0.25, -0.2) is 12.4 Å². The summed E-state index contributed by atoms with van der Waals surface area (Å²) in [4.78, 5) is 7.43. The van der Waals surface area contributed by atoms with Crippen molar-refractivity contribution in [1.82, 2.24) is 13.9 Å². The van der Waals surface area contributed by atoms with E-state index in [1.54, 1.807) is 12.3 Å². The lowest BCUT2D eigenvalue weighted by Gasteiger charge is -2.56. The van der Waals surface area contributed by atoms with E-state index in [0.717, 1.165) is 40.1 Å². The number of nitrogens with zero attached hydrogens (tertiary/aromatic N) is 3. The summed E-state index contributed by atoms with van der Waals surface area (Å²) in [6.07, 6.45) is 14.2. The number of piperidine rings is 3. The van der Waals surface area contributed by atoms with Gasteiger partial charge in [0.05, 0.1) is 23.1 Å². The fourth-order valence-electron chi connectivity index (χ4n) is 6.96. The zero-order valence-corrected chi connectivity index (χ0v) is 20.4. The van der Waals surface area contributed by atoms with Crippen LogP contribution in [0.2, 0.25) is 0 Å². The predicted molar refractivity (Wildman–Crippen MR) is 140 cm³/mol. The molecule has 3 atom stereocenters. The Balaban J connectivity index is 1.19. The average Bonchev–Trinajstić information content (AvgIpc) is 3.27. The van der Waals surface area contributed by atoms with E-state index >= 15 is 0 Å². The molecule has 1 saturated carbocycles. The Kier molecular flexibility index (Phi) is 4.93. The number of rotatable bonds is 5. The van der Waals surface area contributed by atoms with E-state index in [2.05, 4.69) is 16.3 Å². The van der Waals surface area contributed by atoms with Gasteiger partial charge in [-0.1, -0.05) is 42.5 Å². The van der Waals surface area contributed by atoms with Crippen molar-refractivity contribution in [2.45, 2.75) is 30.6 Å². The van der Waals surface area contributed by atoms with Crippen LogP contribution >= 0.6 is 0 Å². The minimum absolute atomic E-state index is 0.487. The Morgan fingerprint density at radius 1 is 0.971 bits per heavy atom. The summed E-state index contributed by atoms with van der Waals surface area (Å²) in [7, 11) is -3.58. The van der Waals surface area contributed by atoms with Gasteiger partial charge in [-0.3, -0.25) is 4.98 Å². The highest BCUT2D eigenvalue weighted by atomic mass is 32.2. The number of allylic oxidation sites excluding steroid dienone is 3. The molecule has 6 nitrogen and oxygen atoms in total. The van der Waals surface area contributed by atoms with Crippen molar-refractivity contribution in [3.8, 4) is 11.3 Å². The topological polar surface area (TPSA) is 67.2 Å². The van der Waals surface area contributed by atoms with Crippen LogP contribution in [0.5, 0.6) is 0 Å². The van der Waals surface area contributed by atoms with E-state index in [9.17, 15) is 8.42 Å². The van der Waals surface area contributed by atoms with Gasteiger partial charge in [0.15, 0.2) is 0 Å². The largest absolute Gasteiger partial charge is 0.380 e. The van der Waals surface area contributed by atoms with E-state index in [-0.39, 0.29) is 0 Å². The normalized spacial score (nSPS) is 31.3. The molecule has 0 spiro atoms. The summed E-state index contributed by atoms with van der Waals surface area (Å²) in [5, 5.41) is 4.14. The molecule has 7 heteroatoms. The number of benzene rings is 1. The molecule has 5 aliphatic rings. The predicted octanol–water partition coefficient (Wildman–Crippen LogP) is 4.52.